The second kappa shape index (κ2) is 6.29. The minimum absolute atomic E-state index is 0.0947. The molecular formula is C16H19FN6. The van der Waals surface area contributed by atoms with Gasteiger partial charge >= 0.3 is 0 Å². The third-order valence-corrected chi connectivity index (χ3v) is 3.87. The van der Waals surface area contributed by atoms with Crippen molar-refractivity contribution in [3.05, 3.63) is 48.2 Å². The van der Waals surface area contributed by atoms with Gasteiger partial charge in [-0.2, -0.15) is 5.10 Å². The number of rotatable bonds is 5. The van der Waals surface area contributed by atoms with Gasteiger partial charge in [0, 0.05) is 13.6 Å². The Bertz CT molecular complexity index is 796. The molecule has 6 nitrogen and oxygen atoms in total. The zero-order valence-corrected chi connectivity index (χ0v) is 13.4. The van der Waals surface area contributed by atoms with Gasteiger partial charge in [0.2, 0.25) is 0 Å². The number of nitrogens with one attached hydrogen (secondary N) is 1. The molecule has 0 amide bonds. The highest BCUT2D eigenvalue weighted by Crippen LogP contribution is 2.22. The van der Waals surface area contributed by atoms with Crippen LogP contribution in [0.15, 0.2) is 36.8 Å². The molecule has 0 spiro atoms. The molecule has 3 aromatic rings. The van der Waals surface area contributed by atoms with Gasteiger partial charge in [0.05, 0.1) is 17.6 Å². The van der Waals surface area contributed by atoms with E-state index in [2.05, 4.69) is 25.3 Å². The van der Waals surface area contributed by atoms with E-state index < -0.39 is 0 Å². The number of aromatic nitrogens is 4. The average molecular weight is 314 g/mol. The summed E-state index contributed by atoms with van der Waals surface area (Å²) < 4.78 is 14.8. The standard InChI is InChI=1S/C16H19FN6/c1-22(2)14(11-4-6-12(17)7-5-11)9-18-15-13-8-21-23(3)16(13)20-10-19-15/h4-8,10,14H,9H2,1-3H3,(H,18,19,20)/t14-/m1/s1. The zero-order valence-electron chi connectivity index (χ0n) is 13.4. The maximum Gasteiger partial charge on any atom is 0.163 e. The molecule has 0 aliphatic carbocycles. The van der Waals surface area contributed by atoms with Gasteiger partial charge in [-0.15, -0.1) is 0 Å². The molecule has 1 atom stereocenters. The van der Waals surface area contributed by atoms with Crippen molar-refractivity contribution in [3.63, 3.8) is 0 Å². The Morgan fingerprint density at radius 3 is 2.65 bits per heavy atom. The molecule has 23 heavy (non-hydrogen) atoms. The normalized spacial score (nSPS) is 12.7. The Morgan fingerprint density at radius 1 is 1.22 bits per heavy atom. The highest BCUT2D eigenvalue weighted by Gasteiger charge is 2.15. The summed E-state index contributed by atoms with van der Waals surface area (Å²) >= 11 is 0. The first-order valence-electron chi connectivity index (χ1n) is 7.34. The summed E-state index contributed by atoms with van der Waals surface area (Å²) in [5.41, 5.74) is 1.83. The van der Waals surface area contributed by atoms with Crippen LogP contribution in [0.2, 0.25) is 0 Å². The first kappa shape index (κ1) is 15.4. The molecule has 2 heterocycles. The predicted octanol–water partition coefficient (Wildman–Crippen LogP) is 2.22. The summed E-state index contributed by atoms with van der Waals surface area (Å²) in [5, 5.41) is 8.45. The van der Waals surface area contributed by atoms with E-state index in [9.17, 15) is 4.39 Å². The van der Waals surface area contributed by atoms with Crippen LogP contribution in [0.1, 0.15) is 11.6 Å². The third kappa shape index (κ3) is 3.14. The third-order valence-electron chi connectivity index (χ3n) is 3.87. The van der Waals surface area contributed by atoms with Gasteiger partial charge in [0.25, 0.3) is 0 Å². The number of hydrogen-bond acceptors (Lipinski definition) is 5. The number of anilines is 1. The minimum atomic E-state index is -0.230. The van der Waals surface area contributed by atoms with Gasteiger partial charge in [0.15, 0.2) is 5.65 Å². The van der Waals surface area contributed by atoms with E-state index in [1.165, 1.54) is 18.5 Å². The van der Waals surface area contributed by atoms with Crippen molar-refractivity contribution in [1.82, 2.24) is 24.6 Å². The second-order valence-electron chi connectivity index (χ2n) is 5.64. The van der Waals surface area contributed by atoms with Crippen molar-refractivity contribution in [2.75, 3.05) is 26.0 Å². The topological polar surface area (TPSA) is 58.9 Å². The zero-order chi connectivity index (χ0) is 16.4. The fraction of sp³-hybridized carbons (Fsp3) is 0.312. The van der Waals surface area contributed by atoms with Crippen LogP contribution in [0, 0.1) is 5.82 Å². The Labute approximate surface area is 134 Å². The number of nitrogens with zero attached hydrogens (tertiary/aromatic N) is 5. The van der Waals surface area contributed by atoms with E-state index in [1.54, 1.807) is 23.0 Å². The molecule has 0 bridgehead atoms. The first-order chi connectivity index (χ1) is 11.1. The number of benzene rings is 1. The molecule has 1 aromatic carbocycles. The summed E-state index contributed by atoms with van der Waals surface area (Å²) in [6.45, 7) is 0.639. The lowest BCUT2D eigenvalue weighted by molar-refractivity contribution is 0.311. The van der Waals surface area contributed by atoms with Crippen molar-refractivity contribution >= 4 is 16.9 Å². The van der Waals surface area contributed by atoms with Gasteiger partial charge in [-0.1, -0.05) is 12.1 Å². The molecule has 0 saturated carbocycles. The molecule has 7 heteroatoms. The van der Waals surface area contributed by atoms with Crippen molar-refractivity contribution in [2.45, 2.75) is 6.04 Å². The maximum atomic E-state index is 13.1. The van der Waals surface area contributed by atoms with Crippen LogP contribution in [0.4, 0.5) is 10.2 Å². The minimum Gasteiger partial charge on any atom is -0.367 e. The van der Waals surface area contributed by atoms with E-state index >= 15 is 0 Å². The van der Waals surface area contributed by atoms with Crippen LogP contribution in [0.25, 0.3) is 11.0 Å². The summed E-state index contributed by atoms with van der Waals surface area (Å²) in [6.07, 6.45) is 3.27. The van der Waals surface area contributed by atoms with Crippen LogP contribution in [-0.2, 0) is 7.05 Å². The maximum absolute atomic E-state index is 13.1. The van der Waals surface area contributed by atoms with E-state index in [-0.39, 0.29) is 11.9 Å². The molecular weight excluding hydrogens is 295 g/mol. The van der Waals surface area contributed by atoms with Crippen LogP contribution in [0.3, 0.4) is 0 Å². The fourth-order valence-electron chi connectivity index (χ4n) is 2.58. The fourth-order valence-corrected chi connectivity index (χ4v) is 2.58. The number of hydrogen-bond donors (Lipinski definition) is 1. The number of fused-ring (bicyclic) bond motifs is 1. The Morgan fingerprint density at radius 2 is 1.96 bits per heavy atom. The van der Waals surface area contributed by atoms with E-state index in [4.69, 9.17) is 0 Å². The lowest BCUT2D eigenvalue weighted by atomic mass is 10.1. The van der Waals surface area contributed by atoms with Gasteiger partial charge in [-0.05, 0) is 31.8 Å². The highest BCUT2D eigenvalue weighted by atomic mass is 19.1. The number of likely N-dealkylation sites (N-methyl/N-ethyl adjacent to an activating group) is 1. The van der Waals surface area contributed by atoms with Crippen molar-refractivity contribution in [2.24, 2.45) is 7.05 Å². The first-order valence-corrected chi connectivity index (χ1v) is 7.34. The largest absolute Gasteiger partial charge is 0.367 e. The highest BCUT2D eigenvalue weighted by molar-refractivity contribution is 5.85. The predicted molar refractivity (Wildman–Crippen MR) is 87.6 cm³/mol. The quantitative estimate of drug-likeness (QED) is 0.782. The summed E-state index contributed by atoms with van der Waals surface area (Å²) in [4.78, 5) is 10.6. The number of aryl methyl sites for hydroxylation is 1. The smallest absolute Gasteiger partial charge is 0.163 e. The molecule has 0 saturated heterocycles. The lowest BCUT2D eigenvalue weighted by Crippen LogP contribution is -2.27. The van der Waals surface area contributed by atoms with E-state index in [0.717, 1.165) is 22.4 Å². The molecule has 0 radical (unpaired) electrons. The van der Waals surface area contributed by atoms with Gasteiger partial charge in [0.1, 0.15) is 18.0 Å². The molecule has 0 fully saturated rings. The molecule has 0 unspecified atom stereocenters. The van der Waals surface area contributed by atoms with Crippen LogP contribution >= 0.6 is 0 Å². The van der Waals surface area contributed by atoms with Gasteiger partial charge < -0.3 is 10.2 Å². The molecule has 2 aromatic heterocycles. The Balaban J connectivity index is 1.82. The summed E-state index contributed by atoms with van der Waals surface area (Å²) in [6, 6.07) is 6.67. The summed E-state index contributed by atoms with van der Waals surface area (Å²) in [5.74, 6) is 0.518. The van der Waals surface area contributed by atoms with Crippen molar-refractivity contribution in [3.8, 4) is 0 Å². The molecule has 0 aliphatic rings. The Hall–Kier alpha value is -2.54. The van der Waals surface area contributed by atoms with Crippen molar-refractivity contribution in [1.29, 1.82) is 0 Å². The summed E-state index contributed by atoms with van der Waals surface area (Å²) in [7, 11) is 5.84. The molecule has 120 valence electrons. The second-order valence-corrected chi connectivity index (χ2v) is 5.64. The SMILES string of the molecule is CN(C)[C@H](CNc1ncnc2c1cnn2C)c1ccc(F)cc1. The van der Waals surface area contributed by atoms with Gasteiger partial charge in [-0.25, -0.2) is 14.4 Å². The van der Waals surface area contributed by atoms with E-state index in [1.807, 2.05) is 21.1 Å². The monoisotopic (exact) mass is 314 g/mol. The van der Waals surface area contributed by atoms with Crippen LogP contribution in [0.5, 0.6) is 0 Å². The molecule has 3 rings (SSSR count). The number of halogens is 1. The molecule has 0 aliphatic heterocycles. The van der Waals surface area contributed by atoms with Gasteiger partial charge in [-0.3, -0.25) is 4.68 Å². The average Bonchev–Trinajstić information content (AvgIpc) is 2.91. The van der Waals surface area contributed by atoms with Crippen LogP contribution < -0.4 is 5.32 Å². The Kier molecular flexibility index (Phi) is 4.20. The van der Waals surface area contributed by atoms with E-state index in [0.29, 0.717) is 6.54 Å². The van der Waals surface area contributed by atoms with Crippen molar-refractivity contribution < 1.29 is 4.39 Å². The lowest BCUT2D eigenvalue weighted by Gasteiger charge is -2.25. The van der Waals surface area contributed by atoms with Crippen LogP contribution in [-0.4, -0.2) is 45.3 Å². The molecule has 1 N–H and O–H groups in total.